The lowest BCUT2D eigenvalue weighted by Crippen LogP contribution is -2.14. The number of ether oxygens (including phenoxy) is 1. The number of carbonyl (C=O) groups is 2. The van der Waals surface area contributed by atoms with Crippen molar-refractivity contribution in [2.24, 2.45) is 11.5 Å². The summed E-state index contributed by atoms with van der Waals surface area (Å²) in [6.45, 7) is 0. The second-order valence-electron chi connectivity index (χ2n) is 4.20. The molecule has 21 heavy (non-hydrogen) atoms. The normalized spacial score (nSPS) is 10.1. The minimum Gasteiger partial charge on any atom is -0.454 e. The summed E-state index contributed by atoms with van der Waals surface area (Å²) in [6, 6.07) is 7.96. The van der Waals surface area contributed by atoms with Gasteiger partial charge in [-0.25, -0.2) is 4.39 Å². The quantitative estimate of drug-likeness (QED) is 0.736. The molecule has 0 spiro atoms. The van der Waals surface area contributed by atoms with Gasteiger partial charge >= 0.3 is 0 Å². The van der Waals surface area contributed by atoms with Gasteiger partial charge in [0.1, 0.15) is 11.6 Å². The summed E-state index contributed by atoms with van der Waals surface area (Å²) >= 11 is 0. The number of nitrogen functional groups attached to an aromatic ring is 1. The van der Waals surface area contributed by atoms with Gasteiger partial charge in [0, 0.05) is 6.07 Å². The van der Waals surface area contributed by atoms with E-state index in [4.69, 9.17) is 21.9 Å². The standard InChI is InChI=1S/C14H12FN3O3/c15-10-6-7(4-5-8(10)13(17)19)21-12-9(14(18)20)2-1-3-11(12)16/h1-6H,16H2,(H2,17,19)(H2,18,20). The molecule has 0 aliphatic heterocycles. The van der Waals surface area contributed by atoms with Crippen LogP contribution in [0.25, 0.3) is 0 Å². The summed E-state index contributed by atoms with van der Waals surface area (Å²) in [5, 5.41) is 0. The molecular weight excluding hydrogens is 277 g/mol. The number of para-hydroxylation sites is 1. The number of hydrogen-bond donors (Lipinski definition) is 3. The molecule has 2 amide bonds. The summed E-state index contributed by atoms with van der Waals surface area (Å²) in [6.07, 6.45) is 0. The van der Waals surface area contributed by atoms with E-state index < -0.39 is 17.6 Å². The van der Waals surface area contributed by atoms with E-state index in [1.807, 2.05) is 0 Å². The molecule has 2 rings (SSSR count). The number of rotatable bonds is 4. The monoisotopic (exact) mass is 289 g/mol. The molecular formula is C14H12FN3O3. The molecule has 0 fully saturated rings. The van der Waals surface area contributed by atoms with Gasteiger partial charge in [-0.05, 0) is 24.3 Å². The van der Waals surface area contributed by atoms with Crippen molar-refractivity contribution < 1.29 is 18.7 Å². The fourth-order valence-corrected chi connectivity index (χ4v) is 1.74. The zero-order chi connectivity index (χ0) is 15.6. The second-order valence-corrected chi connectivity index (χ2v) is 4.20. The Kier molecular flexibility index (Phi) is 3.75. The molecule has 0 heterocycles. The van der Waals surface area contributed by atoms with Crippen LogP contribution in [0, 0.1) is 5.82 Å². The molecule has 0 unspecified atom stereocenters. The van der Waals surface area contributed by atoms with Crippen LogP contribution in [-0.4, -0.2) is 11.8 Å². The van der Waals surface area contributed by atoms with Crippen LogP contribution in [0.2, 0.25) is 0 Å². The third kappa shape index (κ3) is 2.92. The number of nitrogens with two attached hydrogens (primary N) is 3. The number of benzene rings is 2. The van der Waals surface area contributed by atoms with E-state index >= 15 is 0 Å². The fraction of sp³-hybridized carbons (Fsp3) is 0. The first-order chi connectivity index (χ1) is 9.90. The highest BCUT2D eigenvalue weighted by atomic mass is 19.1. The van der Waals surface area contributed by atoms with Crippen LogP contribution >= 0.6 is 0 Å². The van der Waals surface area contributed by atoms with E-state index in [1.165, 1.54) is 24.3 Å². The summed E-state index contributed by atoms with van der Waals surface area (Å²) in [4.78, 5) is 22.3. The van der Waals surface area contributed by atoms with Crippen LogP contribution < -0.4 is 21.9 Å². The van der Waals surface area contributed by atoms with Crippen molar-refractivity contribution in [3.63, 3.8) is 0 Å². The van der Waals surface area contributed by atoms with E-state index in [9.17, 15) is 14.0 Å². The molecule has 0 bridgehead atoms. The Labute approximate surface area is 119 Å². The topological polar surface area (TPSA) is 121 Å². The summed E-state index contributed by atoms with van der Waals surface area (Å²) in [5.74, 6) is -2.38. The minimum atomic E-state index is -0.892. The Balaban J connectivity index is 2.41. The lowest BCUT2D eigenvalue weighted by molar-refractivity contribution is 0.0989. The van der Waals surface area contributed by atoms with Crippen molar-refractivity contribution >= 4 is 17.5 Å². The number of halogens is 1. The average Bonchev–Trinajstić information content (AvgIpc) is 2.40. The van der Waals surface area contributed by atoms with Gasteiger partial charge in [0.25, 0.3) is 11.8 Å². The van der Waals surface area contributed by atoms with Crippen molar-refractivity contribution in [3.8, 4) is 11.5 Å². The second kappa shape index (κ2) is 5.49. The maximum absolute atomic E-state index is 13.7. The molecule has 2 aromatic rings. The van der Waals surface area contributed by atoms with Crippen LogP contribution in [0.3, 0.4) is 0 Å². The highest BCUT2D eigenvalue weighted by Gasteiger charge is 2.15. The first-order valence-corrected chi connectivity index (χ1v) is 5.85. The molecule has 0 radical (unpaired) electrons. The van der Waals surface area contributed by atoms with Gasteiger partial charge in [-0.3, -0.25) is 9.59 Å². The molecule has 6 N–H and O–H groups in total. The molecule has 0 saturated carbocycles. The highest BCUT2D eigenvalue weighted by molar-refractivity contribution is 5.97. The van der Waals surface area contributed by atoms with Crippen molar-refractivity contribution in [2.75, 3.05) is 5.73 Å². The van der Waals surface area contributed by atoms with Crippen LogP contribution in [0.1, 0.15) is 20.7 Å². The molecule has 6 nitrogen and oxygen atoms in total. The molecule has 108 valence electrons. The molecule has 0 aliphatic carbocycles. The van der Waals surface area contributed by atoms with E-state index in [0.717, 1.165) is 6.07 Å². The predicted molar refractivity (Wildman–Crippen MR) is 74.4 cm³/mol. The number of carbonyl (C=O) groups excluding carboxylic acids is 2. The molecule has 0 aliphatic rings. The molecule has 0 atom stereocenters. The molecule has 7 heteroatoms. The fourth-order valence-electron chi connectivity index (χ4n) is 1.74. The first kappa shape index (κ1) is 14.3. The minimum absolute atomic E-state index is 0.0243. The van der Waals surface area contributed by atoms with Gasteiger partial charge in [0.05, 0.1) is 16.8 Å². The van der Waals surface area contributed by atoms with E-state index in [1.54, 1.807) is 6.07 Å². The van der Waals surface area contributed by atoms with E-state index in [-0.39, 0.29) is 28.3 Å². The SMILES string of the molecule is NC(=O)c1ccc(Oc2c(N)cccc2C(N)=O)cc1F. The summed E-state index contributed by atoms with van der Waals surface area (Å²) in [7, 11) is 0. The van der Waals surface area contributed by atoms with Gasteiger partial charge in [-0.1, -0.05) is 6.07 Å². The number of anilines is 1. The number of hydrogen-bond acceptors (Lipinski definition) is 4. The third-order valence-corrected chi connectivity index (χ3v) is 2.74. The third-order valence-electron chi connectivity index (χ3n) is 2.74. The van der Waals surface area contributed by atoms with Crippen LogP contribution in [0.15, 0.2) is 36.4 Å². The highest BCUT2D eigenvalue weighted by Crippen LogP contribution is 2.31. The zero-order valence-electron chi connectivity index (χ0n) is 10.8. The van der Waals surface area contributed by atoms with Crippen molar-refractivity contribution in [1.29, 1.82) is 0 Å². The maximum Gasteiger partial charge on any atom is 0.252 e. The summed E-state index contributed by atoms with van der Waals surface area (Å²) < 4.78 is 19.1. The molecule has 2 aromatic carbocycles. The first-order valence-electron chi connectivity index (χ1n) is 5.85. The van der Waals surface area contributed by atoms with E-state index in [0.29, 0.717) is 0 Å². The number of amides is 2. The van der Waals surface area contributed by atoms with Gasteiger partial charge < -0.3 is 21.9 Å². The zero-order valence-corrected chi connectivity index (χ0v) is 10.8. The molecule has 0 aromatic heterocycles. The van der Waals surface area contributed by atoms with Crippen LogP contribution in [0.4, 0.5) is 10.1 Å². The maximum atomic E-state index is 13.7. The number of primary amides is 2. The largest absolute Gasteiger partial charge is 0.454 e. The van der Waals surface area contributed by atoms with Gasteiger partial charge in [0.15, 0.2) is 5.75 Å². The van der Waals surface area contributed by atoms with Crippen LogP contribution in [-0.2, 0) is 0 Å². The Hall–Kier alpha value is -3.09. The smallest absolute Gasteiger partial charge is 0.252 e. The molecule has 0 saturated heterocycles. The predicted octanol–water partition coefficient (Wildman–Crippen LogP) is 1.40. The Bertz CT molecular complexity index is 731. The lowest BCUT2D eigenvalue weighted by Gasteiger charge is -2.12. The van der Waals surface area contributed by atoms with Crippen molar-refractivity contribution in [2.45, 2.75) is 0 Å². The Morgan fingerprint density at radius 1 is 1.00 bits per heavy atom. The van der Waals surface area contributed by atoms with E-state index in [2.05, 4.69) is 0 Å². The average molecular weight is 289 g/mol. The summed E-state index contributed by atoms with van der Waals surface area (Å²) in [5.41, 5.74) is 15.9. The van der Waals surface area contributed by atoms with Crippen molar-refractivity contribution in [1.82, 2.24) is 0 Å². The van der Waals surface area contributed by atoms with Crippen molar-refractivity contribution in [3.05, 3.63) is 53.3 Å². The van der Waals surface area contributed by atoms with Crippen LogP contribution in [0.5, 0.6) is 11.5 Å². The Morgan fingerprint density at radius 2 is 1.67 bits per heavy atom. The van der Waals surface area contributed by atoms with Gasteiger partial charge in [-0.2, -0.15) is 0 Å². The Morgan fingerprint density at radius 3 is 2.24 bits per heavy atom. The lowest BCUT2D eigenvalue weighted by atomic mass is 10.1. The van der Waals surface area contributed by atoms with Gasteiger partial charge in [-0.15, -0.1) is 0 Å². The van der Waals surface area contributed by atoms with Gasteiger partial charge in [0.2, 0.25) is 0 Å².